The average Bonchev–Trinajstić information content (AvgIpc) is 2.57. The van der Waals surface area contributed by atoms with Gasteiger partial charge in [0.15, 0.2) is 0 Å². The number of amides is 1. The minimum Gasteiger partial charge on any atom is -0.506 e. The van der Waals surface area contributed by atoms with Gasteiger partial charge in [-0.05, 0) is 56.0 Å². The second-order valence-electron chi connectivity index (χ2n) is 4.56. The molecule has 0 unspecified atom stereocenters. The summed E-state index contributed by atoms with van der Waals surface area (Å²) in [5.41, 5.74) is 3.93. The van der Waals surface area contributed by atoms with E-state index in [1.807, 2.05) is 13.0 Å². The monoisotopic (exact) mass is 441 g/mol. The largest absolute Gasteiger partial charge is 0.506 e. The van der Waals surface area contributed by atoms with Crippen LogP contribution < -0.4 is 5.43 Å². The fourth-order valence-electron chi connectivity index (χ4n) is 1.70. The first-order valence-corrected chi connectivity index (χ1v) is 8.20. The number of carbonyl (C=O) groups excluding carboxylic acids is 1. The summed E-state index contributed by atoms with van der Waals surface area (Å²) in [4.78, 5) is 15.9. The molecule has 0 aliphatic carbocycles. The van der Waals surface area contributed by atoms with Gasteiger partial charge in [-0.1, -0.05) is 13.0 Å². The zero-order valence-electron chi connectivity index (χ0n) is 12.0. The molecule has 0 saturated carbocycles. The van der Waals surface area contributed by atoms with E-state index >= 15 is 0 Å². The highest BCUT2D eigenvalue weighted by Crippen LogP contribution is 2.40. The predicted molar refractivity (Wildman–Crippen MR) is 93.8 cm³/mol. The number of aromatic nitrogens is 1. The topological polar surface area (TPSA) is 94.8 Å². The summed E-state index contributed by atoms with van der Waals surface area (Å²) in [6.07, 6.45) is 3.75. The van der Waals surface area contributed by atoms with Gasteiger partial charge < -0.3 is 10.2 Å². The van der Waals surface area contributed by atoms with Gasteiger partial charge in [0.25, 0.3) is 5.91 Å². The summed E-state index contributed by atoms with van der Waals surface area (Å²) in [5.74, 6) is -0.765. The van der Waals surface area contributed by atoms with E-state index in [2.05, 4.69) is 47.4 Å². The van der Waals surface area contributed by atoms with Gasteiger partial charge in [0, 0.05) is 11.8 Å². The van der Waals surface area contributed by atoms with Crippen LogP contribution in [-0.2, 0) is 6.42 Å². The standard InChI is InChI=1S/C15H13Br2N3O3/c1-2-8-3-4-11(18-6-8)15(23)20-19-7-9-5-10(16)14(22)12(17)13(9)21/h3-7,21-22H,2H2,1H3,(H,20,23)/b19-7-. The van der Waals surface area contributed by atoms with Crippen molar-refractivity contribution in [3.8, 4) is 11.5 Å². The molecule has 6 nitrogen and oxygen atoms in total. The normalized spacial score (nSPS) is 10.9. The molecule has 0 spiro atoms. The highest BCUT2D eigenvalue weighted by molar-refractivity contribution is 9.11. The number of benzene rings is 1. The van der Waals surface area contributed by atoms with E-state index < -0.39 is 5.91 Å². The van der Waals surface area contributed by atoms with E-state index in [4.69, 9.17) is 0 Å². The van der Waals surface area contributed by atoms with Crippen LogP contribution in [0, 0.1) is 0 Å². The van der Waals surface area contributed by atoms with Crippen LogP contribution in [0.25, 0.3) is 0 Å². The second kappa shape index (κ2) is 7.56. The lowest BCUT2D eigenvalue weighted by molar-refractivity contribution is 0.0950. The van der Waals surface area contributed by atoms with Crippen molar-refractivity contribution >= 4 is 44.0 Å². The molecule has 0 saturated heterocycles. The third kappa shape index (κ3) is 4.08. The summed E-state index contributed by atoms with van der Waals surface area (Å²) in [6.45, 7) is 2.00. The average molecular weight is 443 g/mol. The molecule has 1 aromatic heterocycles. The Hall–Kier alpha value is -1.93. The first-order valence-electron chi connectivity index (χ1n) is 6.62. The molecule has 0 aliphatic heterocycles. The van der Waals surface area contributed by atoms with E-state index in [9.17, 15) is 15.0 Å². The van der Waals surface area contributed by atoms with Crippen molar-refractivity contribution in [2.75, 3.05) is 0 Å². The SMILES string of the molecule is CCc1ccc(C(=O)N/N=C\c2cc(Br)c(O)c(Br)c2O)nc1. The van der Waals surface area contributed by atoms with Crippen LogP contribution in [0.2, 0.25) is 0 Å². The molecule has 2 aromatic rings. The summed E-state index contributed by atoms with van der Waals surface area (Å²) in [6, 6.07) is 4.92. The number of aryl methyl sites for hydroxylation is 1. The number of rotatable bonds is 4. The van der Waals surface area contributed by atoms with Crippen LogP contribution in [0.3, 0.4) is 0 Å². The third-order valence-corrected chi connectivity index (χ3v) is 4.39. The van der Waals surface area contributed by atoms with Crippen molar-refractivity contribution in [1.29, 1.82) is 0 Å². The number of phenols is 2. The van der Waals surface area contributed by atoms with Gasteiger partial charge in [-0.25, -0.2) is 5.43 Å². The molecular formula is C15H13Br2N3O3. The number of aromatic hydroxyl groups is 2. The Morgan fingerprint density at radius 2 is 2.09 bits per heavy atom. The smallest absolute Gasteiger partial charge is 0.289 e. The van der Waals surface area contributed by atoms with Crippen LogP contribution in [0.1, 0.15) is 28.5 Å². The summed E-state index contributed by atoms with van der Waals surface area (Å²) in [7, 11) is 0. The van der Waals surface area contributed by atoms with Crippen LogP contribution in [-0.4, -0.2) is 27.3 Å². The quantitative estimate of drug-likeness (QED) is 0.499. The lowest BCUT2D eigenvalue weighted by atomic mass is 10.2. The molecule has 1 aromatic carbocycles. The molecule has 0 radical (unpaired) electrons. The van der Waals surface area contributed by atoms with E-state index in [-0.39, 0.29) is 21.7 Å². The van der Waals surface area contributed by atoms with Gasteiger partial charge in [-0.15, -0.1) is 0 Å². The maximum absolute atomic E-state index is 11.9. The summed E-state index contributed by atoms with van der Waals surface area (Å²) in [5, 5.41) is 23.3. The maximum atomic E-state index is 11.9. The molecule has 0 aliphatic rings. The minimum absolute atomic E-state index is 0.121. The molecule has 120 valence electrons. The number of hydrazone groups is 1. The van der Waals surface area contributed by atoms with E-state index in [0.717, 1.165) is 12.0 Å². The molecular weight excluding hydrogens is 430 g/mol. The number of nitrogens with zero attached hydrogens (tertiary/aromatic N) is 2. The van der Waals surface area contributed by atoms with E-state index in [0.29, 0.717) is 10.0 Å². The fourth-order valence-corrected chi connectivity index (χ4v) is 2.85. The Balaban J connectivity index is 2.11. The third-order valence-electron chi connectivity index (χ3n) is 3.03. The van der Waals surface area contributed by atoms with Gasteiger partial charge in [0.05, 0.1) is 10.7 Å². The molecule has 2 rings (SSSR count). The molecule has 8 heteroatoms. The Morgan fingerprint density at radius 3 is 2.70 bits per heavy atom. The number of hydrogen-bond acceptors (Lipinski definition) is 5. The van der Waals surface area contributed by atoms with Gasteiger partial charge in [-0.2, -0.15) is 5.10 Å². The lowest BCUT2D eigenvalue weighted by Crippen LogP contribution is -2.19. The molecule has 0 atom stereocenters. The molecule has 0 bridgehead atoms. The molecule has 1 heterocycles. The number of carbonyl (C=O) groups is 1. The summed E-state index contributed by atoms with van der Waals surface area (Å²) >= 11 is 6.21. The summed E-state index contributed by atoms with van der Waals surface area (Å²) < 4.78 is 0.517. The number of pyridine rings is 1. The Bertz CT molecular complexity index is 762. The van der Waals surface area contributed by atoms with Crippen molar-refractivity contribution in [2.24, 2.45) is 5.10 Å². The first-order chi connectivity index (χ1) is 10.9. The fraction of sp³-hybridized carbons (Fsp3) is 0.133. The van der Waals surface area contributed by atoms with E-state index in [1.165, 1.54) is 12.3 Å². The molecule has 1 amide bonds. The van der Waals surface area contributed by atoms with Crippen molar-refractivity contribution in [2.45, 2.75) is 13.3 Å². The van der Waals surface area contributed by atoms with Crippen LogP contribution >= 0.6 is 31.9 Å². The highest BCUT2D eigenvalue weighted by atomic mass is 79.9. The van der Waals surface area contributed by atoms with Crippen LogP contribution in [0.15, 0.2) is 38.4 Å². The predicted octanol–water partition coefficient (Wildman–Crippen LogP) is 3.34. The van der Waals surface area contributed by atoms with Gasteiger partial charge in [-0.3, -0.25) is 9.78 Å². The Kier molecular flexibility index (Phi) is 5.73. The minimum atomic E-state index is -0.458. The maximum Gasteiger partial charge on any atom is 0.289 e. The van der Waals surface area contributed by atoms with Crippen molar-refractivity contribution in [3.63, 3.8) is 0 Å². The van der Waals surface area contributed by atoms with Gasteiger partial charge >= 0.3 is 0 Å². The number of nitrogens with one attached hydrogen (secondary N) is 1. The molecule has 3 N–H and O–H groups in total. The Labute approximate surface area is 149 Å². The van der Waals surface area contributed by atoms with Crippen molar-refractivity contribution < 1.29 is 15.0 Å². The van der Waals surface area contributed by atoms with Crippen molar-refractivity contribution in [3.05, 3.63) is 50.2 Å². The zero-order chi connectivity index (χ0) is 17.0. The van der Waals surface area contributed by atoms with Gasteiger partial charge in [0.2, 0.25) is 0 Å². The zero-order valence-corrected chi connectivity index (χ0v) is 15.2. The number of phenolic OH excluding ortho intramolecular Hbond substituents is 2. The number of halogens is 2. The lowest BCUT2D eigenvalue weighted by Gasteiger charge is -2.06. The van der Waals surface area contributed by atoms with Gasteiger partial charge in [0.1, 0.15) is 21.7 Å². The highest BCUT2D eigenvalue weighted by Gasteiger charge is 2.13. The number of hydrogen-bond donors (Lipinski definition) is 3. The second-order valence-corrected chi connectivity index (χ2v) is 6.21. The first kappa shape index (κ1) is 17.4. The van der Waals surface area contributed by atoms with Crippen molar-refractivity contribution in [1.82, 2.24) is 10.4 Å². The van der Waals surface area contributed by atoms with E-state index in [1.54, 1.807) is 12.3 Å². The van der Waals surface area contributed by atoms with Crippen LogP contribution in [0.5, 0.6) is 11.5 Å². The van der Waals surface area contributed by atoms with Crippen LogP contribution in [0.4, 0.5) is 0 Å². The Morgan fingerprint density at radius 1 is 1.35 bits per heavy atom. The molecule has 23 heavy (non-hydrogen) atoms. The molecule has 0 fully saturated rings.